The minimum atomic E-state index is -0.794. The molecule has 1 aromatic carbocycles. The predicted molar refractivity (Wildman–Crippen MR) is 178 cm³/mol. The van der Waals surface area contributed by atoms with Crippen LogP contribution in [0.1, 0.15) is 111 Å². The lowest BCUT2D eigenvalue weighted by molar-refractivity contribution is -0.0858. The molecule has 3 aliphatic heterocycles. The smallest absolute Gasteiger partial charge is 0.198 e. The maximum atomic E-state index is 16.2. The second kappa shape index (κ2) is 9.74. The first-order chi connectivity index (χ1) is 22.1. The molecule has 8 fully saturated rings. The van der Waals surface area contributed by atoms with E-state index in [-0.39, 0.29) is 46.7 Å². The van der Waals surface area contributed by atoms with E-state index in [0.717, 1.165) is 25.0 Å². The van der Waals surface area contributed by atoms with Crippen LogP contribution >= 0.6 is 0 Å². The Balaban J connectivity index is 1.20. The standard InChI is InChI=1S/C39H53BF3N3/c1-38(2)23-11-8-10-22-33(23)24(39(38,3)4)19-26-35(22)46-36-25(40(26)34-27(42)17-21(41)18-28(34)43)16-15-20-9-7-14-31(32(20)36)45-30-13-6-5-12-29(30)44-37(45)46/h17-18,20,22-26,29-33,35-36H,5-16,19H2,1-4H3. The van der Waals surface area contributed by atoms with Crippen LogP contribution in [-0.2, 0) is 0 Å². The number of rotatable bonds is 1. The maximum Gasteiger partial charge on any atom is 0.198 e. The average molecular weight is 632 g/mol. The number of guanidine groups is 1. The van der Waals surface area contributed by atoms with Gasteiger partial charge in [-0.2, -0.15) is 0 Å². The Bertz CT molecular complexity index is 1450. The summed E-state index contributed by atoms with van der Waals surface area (Å²) in [6.45, 7) is 9.89. The Labute approximate surface area is 274 Å². The van der Waals surface area contributed by atoms with Crippen LogP contribution in [0.25, 0.3) is 0 Å². The lowest BCUT2D eigenvalue weighted by Crippen LogP contribution is -2.78. The monoisotopic (exact) mass is 631 g/mol. The second-order valence-electron chi connectivity index (χ2n) is 18.8. The number of benzene rings is 1. The highest BCUT2D eigenvalue weighted by Gasteiger charge is 2.72. The zero-order chi connectivity index (χ0) is 31.4. The molecule has 3 nitrogen and oxygen atoms in total. The zero-order valence-electron chi connectivity index (χ0n) is 28.4. The van der Waals surface area contributed by atoms with Crippen LogP contribution in [-0.4, -0.2) is 52.7 Å². The maximum absolute atomic E-state index is 16.2. The third-order valence-corrected chi connectivity index (χ3v) is 17.3. The Morgan fingerprint density at radius 2 is 1.41 bits per heavy atom. The van der Waals surface area contributed by atoms with Crippen LogP contribution < -0.4 is 5.46 Å². The Kier molecular flexibility index (Phi) is 6.20. The summed E-state index contributed by atoms with van der Waals surface area (Å²) in [7, 11) is 0. The molecular weight excluding hydrogens is 578 g/mol. The molecule has 0 amide bonds. The van der Waals surface area contributed by atoms with Crippen molar-refractivity contribution in [3.05, 3.63) is 29.6 Å². The molecule has 0 aromatic heterocycles. The van der Waals surface area contributed by atoms with E-state index in [1.165, 1.54) is 76.6 Å². The van der Waals surface area contributed by atoms with Gasteiger partial charge in [-0.25, -0.2) is 18.2 Å². The second-order valence-corrected chi connectivity index (χ2v) is 18.8. The first-order valence-corrected chi connectivity index (χ1v) is 19.4. The minimum absolute atomic E-state index is 0.150. The quantitative estimate of drug-likeness (QED) is 0.291. The molecule has 9 aliphatic rings. The van der Waals surface area contributed by atoms with Crippen LogP contribution in [0.4, 0.5) is 13.2 Å². The van der Waals surface area contributed by atoms with Gasteiger partial charge in [0, 0.05) is 36.2 Å². The molecule has 13 atom stereocenters. The van der Waals surface area contributed by atoms with E-state index in [9.17, 15) is 4.39 Å². The summed E-state index contributed by atoms with van der Waals surface area (Å²) < 4.78 is 46.9. The molecule has 2 saturated heterocycles. The highest BCUT2D eigenvalue weighted by Crippen LogP contribution is 2.73. The summed E-state index contributed by atoms with van der Waals surface area (Å²) in [5, 5.41) is 0. The van der Waals surface area contributed by atoms with Gasteiger partial charge in [0.15, 0.2) is 12.7 Å². The summed E-state index contributed by atoms with van der Waals surface area (Å²) in [6, 6.07) is 3.96. The number of hydrogen-bond donors (Lipinski definition) is 0. The predicted octanol–water partition coefficient (Wildman–Crippen LogP) is 8.29. The molecule has 0 radical (unpaired) electrons. The summed E-state index contributed by atoms with van der Waals surface area (Å²) in [5.41, 5.74) is 0.588. The third kappa shape index (κ3) is 3.52. The fraction of sp³-hybridized carbons (Fsp3) is 0.821. The molecule has 0 spiro atoms. The van der Waals surface area contributed by atoms with Crippen LogP contribution in [0.2, 0.25) is 11.6 Å². The van der Waals surface area contributed by atoms with Crippen LogP contribution in [0.3, 0.4) is 0 Å². The highest BCUT2D eigenvalue weighted by molar-refractivity contribution is 6.76. The number of hydrogen-bond acceptors (Lipinski definition) is 3. The van der Waals surface area contributed by atoms with Crippen molar-refractivity contribution >= 4 is 18.1 Å². The highest BCUT2D eigenvalue weighted by atomic mass is 19.1. The van der Waals surface area contributed by atoms with E-state index in [4.69, 9.17) is 4.99 Å². The van der Waals surface area contributed by atoms with Gasteiger partial charge in [-0.05, 0) is 96.0 Å². The summed E-state index contributed by atoms with van der Waals surface area (Å²) >= 11 is 0. The molecule has 46 heavy (non-hydrogen) atoms. The van der Waals surface area contributed by atoms with E-state index < -0.39 is 17.5 Å². The van der Waals surface area contributed by atoms with E-state index in [2.05, 4.69) is 37.5 Å². The SMILES string of the molecule is CC1(C)C2CCCC3C2C(CC2B(c4c(F)cc(F)cc4F)C4CCC5CCCC6C5C4N(C4=NC5CCCCC5N46)C23)C1(C)C. The van der Waals surface area contributed by atoms with Crippen LogP contribution in [0, 0.1) is 63.8 Å². The molecule has 3 heterocycles. The number of nitrogens with zero attached hydrogens (tertiary/aromatic N) is 3. The van der Waals surface area contributed by atoms with E-state index >= 15 is 8.78 Å². The number of halogens is 3. The van der Waals surface area contributed by atoms with Gasteiger partial charge in [0.1, 0.15) is 17.5 Å². The van der Waals surface area contributed by atoms with Crippen LogP contribution in [0.5, 0.6) is 0 Å². The lowest BCUT2D eigenvalue weighted by Gasteiger charge is -2.70. The van der Waals surface area contributed by atoms with Gasteiger partial charge < -0.3 is 9.80 Å². The Morgan fingerprint density at radius 1 is 0.696 bits per heavy atom. The van der Waals surface area contributed by atoms with Crippen molar-refractivity contribution in [2.75, 3.05) is 0 Å². The summed E-state index contributed by atoms with van der Waals surface area (Å²) in [4.78, 5) is 11.6. The van der Waals surface area contributed by atoms with Gasteiger partial charge in [0.2, 0.25) is 0 Å². The zero-order valence-corrected chi connectivity index (χ0v) is 28.4. The minimum Gasteiger partial charge on any atom is -0.337 e. The fourth-order valence-corrected chi connectivity index (χ4v) is 15.2. The van der Waals surface area contributed by atoms with Crippen molar-refractivity contribution in [3.63, 3.8) is 0 Å². The third-order valence-electron chi connectivity index (χ3n) is 17.3. The first kappa shape index (κ1) is 29.3. The van der Waals surface area contributed by atoms with Gasteiger partial charge in [0.05, 0.1) is 12.1 Å². The van der Waals surface area contributed by atoms with E-state index in [0.29, 0.717) is 53.6 Å². The Hall–Kier alpha value is -1.66. The van der Waals surface area contributed by atoms with Gasteiger partial charge in [0.25, 0.3) is 0 Å². The van der Waals surface area contributed by atoms with Gasteiger partial charge in [-0.15, -0.1) is 0 Å². The molecule has 248 valence electrons. The molecule has 6 aliphatic carbocycles. The lowest BCUT2D eigenvalue weighted by atomic mass is 9.22. The van der Waals surface area contributed by atoms with Gasteiger partial charge in [-0.3, -0.25) is 0 Å². The van der Waals surface area contributed by atoms with Gasteiger partial charge in [-0.1, -0.05) is 72.6 Å². The number of aliphatic imine (C=N–C) groups is 1. The van der Waals surface area contributed by atoms with Crippen molar-refractivity contribution in [2.45, 2.75) is 153 Å². The van der Waals surface area contributed by atoms with Crippen molar-refractivity contribution in [2.24, 2.45) is 51.3 Å². The molecule has 6 saturated carbocycles. The molecule has 13 unspecified atom stereocenters. The summed E-state index contributed by atoms with van der Waals surface area (Å²) in [5.74, 6) is 3.18. The molecule has 0 bridgehead atoms. The van der Waals surface area contributed by atoms with Gasteiger partial charge >= 0.3 is 0 Å². The average Bonchev–Trinajstić information content (AvgIpc) is 3.48. The van der Waals surface area contributed by atoms with Crippen LogP contribution in [0.15, 0.2) is 17.1 Å². The normalized spacial score (nSPS) is 47.3. The molecule has 1 aromatic rings. The van der Waals surface area contributed by atoms with Crippen molar-refractivity contribution in [3.8, 4) is 0 Å². The Morgan fingerprint density at radius 3 is 2.22 bits per heavy atom. The van der Waals surface area contributed by atoms with Crippen molar-refractivity contribution < 1.29 is 13.2 Å². The summed E-state index contributed by atoms with van der Waals surface area (Å²) in [6.07, 6.45) is 15.9. The first-order valence-electron chi connectivity index (χ1n) is 19.4. The van der Waals surface area contributed by atoms with Crippen molar-refractivity contribution in [1.82, 2.24) is 9.80 Å². The largest absolute Gasteiger partial charge is 0.337 e. The van der Waals surface area contributed by atoms with E-state index in [1.54, 1.807) is 0 Å². The number of fused-ring (bicyclic) bond motifs is 8. The fourth-order valence-electron chi connectivity index (χ4n) is 15.2. The molecule has 10 rings (SSSR count). The molecular formula is C39H53BF3N3. The van der Waals surface area contributed by atoms with Crippen molar-refractivity contribution in [1.29, 1.82) is 0 Å². The van der Waals surface area contributed by atoms with E-state index in [1.807, 2.05) is 0 Å². The topological polar surface area (TPSA) is 18.8 Å². The molecule has 0 N–H and O–H groups in total. The molecule has 7 heteroatoms.